The van der Waals surface area contributed by atoms with E-state index < -0.39 is 17.8 Å². The van der Waals surface area contributed by atoms with Gasteiger partial charge in [-0.05, 0) is 63.2 Å². The lowest BCUT2D eigenvalue weighted by Crippen LogP contribution is -2.25. The van der Waals surface area contributed by atoms with Gasteiger partial charge in [-0.15, -0.1) is 0 Å². The van der Waals surface area contributed by atoms with Gasteiger partial charge in [0, 0.05) is 13.1 Å². The second kappa shape index (κ2) is 14.1. The molecule has 8 heteroatoms. The Balaban J connectivity index is 1.16. The van der Waals surface area contributed by atoms with Gasteiger partial charge in [0.15, 0.2) is 0 Å². The van der Waals surface area contributed by atoms with E-state index in [0.29, 0.717) is 12.1 Å². The molecule has 0 radical (unpaired) electrons. The summed E-state index contributed by atoms with van der Waals surface area (Å²) in [6.45, 7) is 0.658. The van der Waals surface area contributed by atoms with Gasteiger partial charge >= 0.3 is 11.9 Å². The molecule has 44 heavy (non-hydrogen) atoms. The molecular formula is C36H30N2O6. The number of nitrogens with one attached hydrogen (secondary N) is 2. The molecule has 0 aliphatic rings. The topological polar surface area (TPSA) is 125 Å². The van der Waals surface area contributed by atoms with Crippen LogP contribution in [0.4, 0.5) is 0 Å². The number of carboxylic acid groups (broad SMARTS) is 2. The fourth-order valence-corrected chi connectivity index (χ4v) is 4.78. The average Bonchev–Trinajstić information content (AvgIpc) is 3.06. The van der Waals surface area contributed by atoms with Gasteiger partial charge in [0.05, 0.1) is 23.3 Å². The van der Waals surface area contributed by atoms with Gasteiger partial charge in [0.1, 0.15) is 0 Å². The van der Waals surface area contributed by atoms with Crippen LogP contribution in [0.15, 0.2) is 121 Å². The second-order valence-electron chi connectivity index (χ2n) is 10.1. The third kappa shape index (κ3) is 7.43. The number of hydroxylamine groups is 1. The fraction of sp³-hybridized carbons (Fsp3) is 0.0833. The van der Waals surface area contributed by atoms with Gasteiger partial charge in [0.2, 0.25) is 0 Å². The molecule has 0 unspecified atom stereocenters. The summed E-state index contributed by atoms with van der Waals surface area (Å²) in [5.74, 6) is -2.66. The third-order valence-corrected chi connectivity index (χ3v) is 7.13. The van der Waals surface area contributed by atoms with Crippen molar-refractivity contribution in [1.29, 1.82) is 0 Å². The van der Waals surface area contributed by atoms with Crippen molar-refractivity contribution in [3.63, 3.8) is 0 Å². The maximum absolute atomic E-state index is 13.0. The molecule has 8 nitrogen and oxygen atoms in total. The van der Waals surface area contributed by atoms with Crippen molar-refractivity contribution in [1.82, 2.24) is 10.8 Å². The Morgan fingerprint density at radius 2 is 1.07 bits per heavy atom. The molecule has 220 valence electrons. The highest BCUT2D eigenvalue weighted by Gasteiger charge is 2.18. The van der Waals surface area contributed by atoms with Crippen LogP contribution in [0, 0.1) is 0 Å². The Bertz CT molecular complexity index is 1770. The van der Waals surface area contributed by atoms with Crippen molar-refractivity contribution in [2.24, 2.45) is 0 Å². The Morgan fingerprint density at radius 3 is 1.64 bits per heavy atom. The number of benzene rings is 5. The lowest BCUT2D eigenvalue weighted by Gasteiger charge is -2.12. The standard InChI is InChI=1S/C36H30N2O6/c39-34(33-20-29(16-18-32(33)36(42)43)27-9-5-2-6-10-27)37-21-24-11-13-25(14-12-24)22-38-44-23-30-19-28(15-17-31(30)35(40)41)26-7-3-1-4-8-26/h1-20,38H,21-23H2,(H,37,39)(H,40,41)(H,42,43). The summed E-state index contributed by atoms with van der Waals surface area (Å²) in [5.41, 5.74) is 8.93. The number of rotatable bonds is 12. The van der Waals surface area contributed by atoms with Crippen molar-refractivity contribution in [2.45, 2.75) is 19.7 Å². The van der Waals surface area contributed by atoms with Crippen molar-refractivity contribution < 1.29 is 29.4 Å². The van der Waals surface area contributed by atoms with E-state index in [2.05, 4.69) is 10.8 Å². The molecule has 5 aromatic rings. The number of carboxylic acids is 2. The summed E-state index contributed by atoms with van der Waals surface area (Å²) < 4.78 is 0. The van der Waals surface area contributed by atoms with E-state index in [1.165, 1.54) is 6.07 Å². The number of carbonyl (C=O) groups excluding carboxylic acids is 1. The molecule has 5 aromatic carbocycles. The van der Waals surface area contributed by atoms with Gasteiger partial charge in [-0.3, -0.25) is 9.63 Å². The van der Waals surface area contributed by atoms with Gasteiger partial charge in [-0.25, -0.2) is 9.59 Å². The summed E-state index contributed by atoms with van der Waals surface area (Å²) in [5, 5.41) is 22.0. The van der Waals surface area contributed by atoms with E-state index in [-0.39, 0.29) is 29.8 Å². The summed E-state index contributed by atoms with van der Waals surface area (Å²) in [6.07, 6.45) is 0. The monoisotopic (exact) mass is 586 g/mol. The summed E-state index contributed by atoms with van der Waals surface area (Å²) >= 11 is 0. The first-order valence-electron chi connectivity index (χ1n) is 13.9. The first-order valence-corrected chi connectivity index (χ1v) is 13.9. The zero-order valence-corrected chi connectivity index (χ0v) is 23.7. The van der Waals surface area contributed by atoms with E-state index in [1.54, 1.807) is 24.3 Å². The van der Waals surface area contributed by atoms with Crippen LogP contribution < -0.4 is 10.8 Å². The lowest BCUT2D eigenvalue weighted by molar-refractivity contribution is 0.0226. The summed E-state index contributed by atoms with van der Waals surface area (Å²) in [6, 6.07) is 36.6. The Labute approximate surface area is 254 Å². The van der Waals surface area contributed by atoms with Crippen LogP contribution in [0.3, 0.4) is 0 Å². The van der Waals surface area contributed by atoms with E-state index in [9.17, 15) is 24.6 Å². The molecule has 0 spiro atoms. The zero-order chi connectivity index (χ0) is 30.9. The van der Waals surface area contributed by atoms with Gasteiger partial charge in [-0.2, -0.15) is 5.48 Å². The number of carbonyl (C=O) groups is 3. The molecule has 0 saturated carbocycles. The number of hydrogen-bond donors (Lipinski definition) is 4. The Hall–Kier alpha value is -5.57. The van der Waals surface area contributed by atoms with Crippen LogP contribution >= 0.6 is 0 Å². The van der Waals surface area contributed by atoms with Gasteiger partial charge < -0.3 is 15.5 Å². The minimum absolute atomic E-state index is 0.0640. The lowest BCUT2D eigenvalue weighted by atomic mass is 9.98. The van der Waals surface area contributed by atoms with Crippen LogP contribution in [0.25, 0.3) is 22.3 Å². The molecule has 0 aliphatic carbocycles. The molecule has 0 atom stereocenters. The Kier molecular flexibility index (Phi) is 9.56. The van der Waals surface area contributed by atoms with E-state index in [4.69, 9.17) is 4.84 Å². The van der Waals surface area contributed by atoms with Crippen molar-refractivity contribution in [3.8, 4) is 22.3 Å². The predicted octanol–water partition coefficient (Wildman–Crippen LogP) is 6.57. The molecule has 0 heterocycles. The predicted molar refractivity (Wildman–Crippen MR) is 167 cm³/mol. The van der Waals surface area contributed by atoms with Crippen LogP contribution in [0.1, 0.15) is 47.8 Å². The maximum atomic E-state index is 13.0. The highest BCUT2D eigenvalue weighted by Crippen LogP contribution is 2.24. The SMILES string of the molecule is O=C(O)c1ccc(-c2ccccc2)cc1CONCc1ccc(CNC(=O)c2cc(-c3ccccc3)ccc2C(=O)O)cc1. The van der Waals surface area contributed by atoms with Crippen molar-refractivity contribution in [2.75, 3.05) is 0 Å². The minimum Gasteiger partial charge on any atom is -0.478 e. The number of amides is 1. The smallest absolute Gasteiger partial charge is 0.336 e. The van der Waals surface area contributed by atoms with Crippen LogP contribution in [0.2, 0.25) is 0 Å². The van der Waals surface area contributed by atoms with Crippen LogP contribution in [0.5, 0.6) is 0 Å². The molecule has 0 bridgehead atoms. The number of hydrogen-bond acceptors (Lipinski definition) is 5. The highest BCUT2D eigenvalue weighted by atomic mass is 16.6. The molecule has 4 N–H and O–H groups in total. The summed E-state index contributed by atoms with van der Waals surface area (Å²) in [4.78, 5) is 42.1. The molecule has 0 saturated heterocycles. The number of aromatic carboxylic acids is 2. The van der Waals surface area contributed by atoms with Gasteiger partial charge in [0.25, 0.3) is 5.91 Å². The molecule has 0 aliphatic heterocycles. The zero-order valence-electron chi connectivity index (χ0n) is 23.7. The first kappa shape index (κ1) is 29.9. The normalized spacial score (nSPS) is 10.7. The summed E-state index contributed by atoms with van der Waals surface area (Å²) in [7, 11) is 0. The highest BCUT2D eigenvalue weighted by molar-refractivity contribution is 6.05. The van der Waals surface area contributed by atoms with E-state index in [1.807, 2.05) is 91.0 Å². The Morgan fingerprint density at radius 1 is 0.545 bits per heavy atom. The molecule has 5 rings (SSSR count). The maximum Gasteiger partial charge on any atom is 0.336 e. The van der Waals surface area contributed by atoms with E-state index >= 15 is 0 Å². The fourth-order valence-electron chi connectivity index (χ4n) is 4.78. The van der Waals surface area contributed by atoms with Crippen molar-refractivity contribution in [3.05, 3.63) is 155 Å². The third-order valence-electron chi connectivity index (χ3n) is 7.13. The quantitative estimate of drug-likeness (QED) is 0.0963. The molecule has 1 amide bonds. The van der Waals surface area contributed by atoms with Crippen LogP contribution in [-0.4, -0.2) is 28.1 Å². The molecular weight excluding hydrogens is 556 g/mol. The van der Waals surface area contributed by atoms with Crippen LogP contribution in [-0.2, 0) is 24.5 Å². The first-order chi connectivity index (χ1) is 21.4. The second-order valence-corrected chi connectivity index (χ2v) is 10.1. The van der Waals surface area contributed by atoms with Gasteiger partial charge in [-0.1, -0.05) is 97.1 Å². The average molecular weight is 587 g/mol. The molecule has 0 aromatic heterocycles. The largest absolute Gasteiger partial charge is 0.478 e. The van der Waals surface area contributed by atoms with E-state index in [0.717, 1.165) is 33.4 Å². The minimum atomic E-state index is -1.17. The van der Waals surface area contributed by atoms with Crippen molar-refractivity contribution >= 4 is 17.8 Å². The molecule has 0 fully saturated rings.